The van der Waals surface area contributed by atoms with Gasteiger partial charge in [0.2, 0.25) is 0 Å². The summed E-state index contributed by atoms with van der Waals surface area (Å²) in [6, 6.07) is 20.2. The highest BCUT2D eigenvalue weighted by Gasteiger charge is 2.45. The Morgan fingerprint density at radius 3 is 2.59 bits per heavy atom. The van der Waals surface area contributed by atoms with Crippen molar-refractivity contribution in [2.45, 2.75) is 50.8 Å². The molecule has 39 heavy (non-hydrogen) atoms. The van der Waals surface area contributed by atoms with E-state index in [0.29, 0.717) is 10.4 Å². The molecule has 3 aliphatic rings. The Balaban J connectivity index is 1.14. The van der Waals surface area contributed by atoms with Gasteiger partial charge in [-0.05, 0) is 48.2 Å². The number of anilines is 1. The molecule has 4 aromatic rings. The van der Waals surface area contributed by atoms with E-state index in [4.69, 9.17) is 4.74 Å². The minimum Gasteiger partial charge on any atom is -0.445 e. The van der Waals surface area contributed by atoms with Gasteiger partial charge in [-0.15, -0.1) is 11.3 Å². The summed E-state index contributed by atoms with van der Waals surface area (Å²) in [5.74, 6) is 0.00881. The number of piperazine rings is 1. The molecule has 7 nitrogen and oxygen atoms in total. The maximum Gasteiger partial charge on any atom is 0.410 e. The molecule has 7 rings (SSSR count). The summed E-state index contributed by atoms with van der Waals surface area (Å²) in [7, 11) is 0. The molecule has 8 heteroatoms. The van der Waals surface area contributed by atoms with Crippen molar-refractivity contribution >= 4 is 39.1 Å². The zero-order valence-electron chi connectivity index (χ0n) is 21.9. The summed E-state index contributed by atoms with van der Waals surface area (Å²) in [5.41, 5.74) is 5.84. The Hall–Kier alpha value is -4.09. The Morgan fingerprint density at radius 2 is 1.87 bits per heavy atom. The van der Waals surface area contributed by atoms with E-state index >= 15 is 0 Å². The maximum absolute atomic E-state index is 13.7. The van der Waals surface area contributed by atoms with Gasteiger partial charge >= 0.3 is 6.09 Å². The van der Waals surface area contributed by atoms with Crippen LogP contribution in [-0.4, -0.2) is 46.9 Å². The van der Waals surface area contributed by atoms with Gasteiger partial charge < -0.3 is 14.6 Å². The molecular weight excluding hydrogens is 508 g/mol. The first kappa shape index (κ1) is 24.0. The lowest BCUT2D eigenvalue weighted by Gasteiger charge is -2.42. The Morgan fingerprint density at radius 1 is 1.13 bits per heavy atom. The minimum atomic E-state index is -0.401. The average molecular weight is 537 g/mol. The fourth-order valence-corrected chi connectivity index (χ4v) is 7.60. The molecular formula is C31H28N4O3S. The van der Waals surface area contributed by atoms with E-state index in [1.54, 1.807) is 0 Å². The third-order valence-corrected chi connectivity index (χ3v) is 9.67. The Bertz CT molecular complexity index is 1670. The summed E-state index contributed by atoms with van der Waals surface area (Å²) in [5, 5.41) is 9.33. The van der Waals surface area contributed by atoms with Crippen molar-refractivity contribution in [3.63, 3.8) is 0 Å². The van der Waals surface area contributed by atoms with Gasteiger partial charge in [0.25, 0.3) is 0 Å². The van der Waals surface area contributed by atoms with Crippen molar-refractivity contribution in [1.82, 2.24) is 9.88 Å². The monoisotopic (exact) mass is 536 g/mol. The van der Waals surface area contributed by atoms with E-state index < -0.39 is 5.41 Å². The van der Waals surface area contributed by atoms with Crippen molar-refractivity contribution in [1.29, 1.82) is 5.26 Å². The first-order valence-electron chi connectivity index (χ1n) is 13.3. The number of nitrogens with zero attached hydrogens (tertiary/aromatic N) is 3. The van der Waals surface area contributed by atoms with Crippen molar-refractivity contribution in [3.05, 3.63) is 87.4 Å². The summed E-state index contributed by atoms with van der Waals surface area (Å²) in [6.45, 7) is 6.06. The molecule has 0 radical (unpaired) electrons. The zero-order chi connectivity index (χ0) is 26.9. The van der Waals surface area contributed by atoms with Crippen LogP contribution in [0.5, 0.6) is 0 Å². The van der Waals surface area contributed by atoms with Crippen LogP contribution in [0.2, 0.25) is 0 Å². The number of carbonyl (C=O) groups is 2. The number of hydrogen-bond acceptors (Lipinski definition) is 6. The second kappa shape index (κ2) is 8.72. The van der Waals surface area contributed by atoms with E-state index in [1.165, 1.54) is 11.3 Å². The van der Waals surface area contributed by atoms with Crippen molar-refractivity contribution in [2.24, 2.45) is 0 Å². The number of amides is 1. The number of H-pyrrole nitrogens is 1. The molecule has 1 aliphatic carbocycles. The number of nitrogens with one attached hydrogen (secondary N) is 1. The van der Waals surface area contributed by atoms with Crippen LogP contribution in [0.25, 0.3) is 10.2 Å². The standard InChI is InChI=1S/C31H28N4O3S/c1-31(2)24-12-19(10-11-23(24)27(36)26-28-25(33-29(26)31)13-22(14-32)39-28)34-15-20-8-9-21(16-34)35(20)30(37)38-17-18-6-4-3-5-7-18/h3-7,10-13,20-21,33H,8-9,15-17H2,1-2H3. The van der Waals surface area contributed by atoms with Gasteiger partial charge in [-0.2, -0.15) is 5.26 Å². The molecule has 2 aromatic heterocycles. The number of rotatable bonds is 3. The van der Waals surface area contributed by atoms with Gasteiger partial charge in [0, 0.05) is 35.4 Å². The largest absolute Gasteiger partial charge is 0.445 e. The van der Waals surface area contributed by atoms with Crippen LogP contribution in [0.15, 0.2) is 54.6 Å². The smallest absolute Gasteiger partial charge is 0.410 e. The molecule has 2 bridgehead atoms. The molecule has 2 atom stereocenters. The van der Waals surface area contributed by atoms with Gasteiger partial charge in [-0.3, -0.25) is 9.69 Å². The van der Waals surface area contributed by atoms with Crippen LogP contribution in [0.1, 0.15) is 64.3 Å². The van der Waals surface area contributed by atoms with Crippen molar-refractivity contribution in [3.8, 4) is 6.07 Å². The minimum absolute atomic E-state index is 0.00881. The number of fused-ring (bicyclic) bond motifs is 6. The summed E-state index contributed by atoms with van der Waals surface area (Å²) in [6.07, 6.45) is 1.69. The molecule has 196 valence electrons. The van der Waals surface area contributed by atoms with E-state index in [-0.39, 0.29) is 30.6 Å². The quantitative estimate of drug-likeness (QED) is 0.349. The number of carbonyl (C=O) groups excluding carboxylic acids is 2. The number of ether oxygens (including phenoxy) is 1. The number of aromatic amines is 1. The molecule has 4 heterocycles. The lowest BCUT2D eigenvalue weighted by Crippen LogP contribution is -2.56. The Labute approximate surface area is 230 Å². The van der Waals surface area contributed by atoms with Crippen LogP contribution >= 0.6 is 11.3 Å². The highest BCUT2D eigenvalue weighted by molar-refractivity contribution is 7.20. The van der Waals surface area contributed by atoms with Gasteiger partial charge in [-0.1, -0.05) is 44.2 Å². The van der Waals surface area contributed by atoms with Crippen molar-refractivity contribution in [2.75, 3.05) is 18.0 Å². The molecule has 0 saturated carbocycles. The van der Waals surface area contributed by atoms with Gasteiger partial charge in [0.05, 0.1) is 27.9 Å². The van der Waals surface area contributed by atoms with Crippen LogP contribution in [0.3, 0.4) is 0 Å². The number of ketones is 1. The highest BCUT2D eigenvalue weighted by Crippen LogP contribution is 2.46. The van der Waals surface area contributed by atoms with Crippen LogP contribution in [-0.2, 0) is 16.8 Å². The van der Waals surface area contributed by atoms with E-state index in [9.17, 15) is 14.9 Å². The summed E-state index contributed by atoms with van der Waals surface area (Å²) >= 11 is 1.37. The molecule has 2 unspecified atom stereocenters. The first-order chi connectivity index (χ1) is 18.8. The average Bonchev–Trinajstić information content (AvgIpc) is 3.60. The first-order valence-corrected chi connectivity index (χ1v) is 14.2. The van der Waals surface area contributed by atoms with Crippen molar-refractivity contribution < 1.29 is 14.3 Å². The predicted molar refractivity (Wildman–Crippen MR) is 150 cm³/mol. The van der Waals surface area contributed by atoms with Crippen LogP contribution in [0, 0.1) is 11.3 Å². The third-order valence-electron chi connectivity index (χ3n) is 8.62. The van der Waals surface area contributed by atoms with Crippen LogP contribution < -0.4 is 4.90 Å². The third kappa shape index (κ3) is 3.68. The second-order valence-corrected chi connectivity index (χ2v) is 12.3. The van der Waals surface area contributed by atoms with E-state index in [0.717, 1.165) is 64.2 Å². The van der Waals surface area contributed by atoms with E-state index in [1.807, 2.05) is 53.4 Å². The van der Waals surface area contributed by atoms with Gasteiger partial charge in [0.1, 0.15) is 17.6 Å². The number of nitriles is 1. The zero-order valence-corrected chi connectivity index (χ0v) is 22.7. The molecule has 0 spiro atoms. The molecule has 2 fully saturated rings. The fraction of sp³-hybridized carbons (Fsp3) is 0.323. The lowest BCUT2D eigenvalue weighted by atomic mass is 9.71. The summed E-state index contributed by atoms with van der Waals surface area (Å²) < 4.78 is 6.54. The normalized spacial score (nSPS) is 21.0. The second-order valence-electron chi connectivity index (χ2n) is 11.3. The number of hydrogen-bond donors (Lipinski definition) is 1. The number of thiophene rings is 1. The number of aromatic nitrogens is 1. The Kier molecular flexibility index (Phi) is 5.36. The molecule has 1 N–H and O–H groups in total. The van der Waals surface area contributed by atoms with Crippen LogP contribution in [0.4, 0.5) is 10.5 Å². The summed E-state index contributed by atoms with van der Waals surface area (Å²) in [4.78, 5) is 35.1. The topological polar surface area (TPSA) is 89.4 Å². The number of benzene rings is 2. The van der Waals surface area contributed by atoms with Gasteiger partial charge in [0.15, 0.2) is 5.78 Å². The maximum atomic E-state index is 13.7. The molecule has 2 aromatic carbocycles. The lowest BCUT2D eigenvalue weighted by molar-refractivity contribution is 0.0733. The fourth-order valence-electron chi connectivity index (χ4n) is 6.64. The molecule has 2 saturated heterocycles. The SMILES string of the molecule is CC1(C)c2cc(N3CC4CCC(C3)N4C(=O)OCc3ccccc3)ccc2C(=O)c2c1[nH]c1cc(C#N)sc21. The predicted octanol–water partition coefficient (Wildman–Crippen LogP) is 5.96. The molecule has 1 amide bonds. The molecule has 2 aliphatic heterocycles. The highest BCUT2D eigenvalue weighted by atomic mass is 32.1. The van der Waals surface area contributed by atoms with E-state index in [2.05, 4.69) is 35.9 Å². The van der Waals surface area contributed by atoms with Gasteiger partial charge in [-0.25, -0.2) is 4.79 Å².